The smallest absolute Gasteiger partial charge is 0.141 e. The largest absolute Gasteiger partial charge is 0.399 e. The third-order valence-electron chi connectivity index (χ3n) is 2.52. The van der Waals surface area contributed by atoms with Crippen molar-refractivity contribution in [3.63, 3.8) is 0 Å². The van der Waals surface area contributed by atoms with Gasteiger partial charge in [-0.1, -0.05) is 29.8 Å². The van der Waals surface area contributed by atoms with Crippen molar-refractivity contribution < 1.29 is 8.78 Å². The van der Waals surface area contributed by atoms with E-state index in [0.29, 0.717) is 5.75 Å². The van der Waals surface area contributed by atoms with E-state index in [2.05, 4.69) is 0 Å². The Bertz CT molecular complexity index is 529. The Hall–Kier alpha value is -1.55. The van der Waals surface area contributed by atoms with Gasteiger partial charge >= 0.3 is 0 Å². The predicted octanol–water partition coefficient (Wildman–Crippen LogP) is 4.15. The quantitative estimate of drug-likeness (QED) is 0.666. The summed E-state index contributed by atoms with van der Waals surface area (Å²) >= 11 is 1.14. The van der Waals surface area contributed by atoms with Crippen LogP contribution < -0.4 is 5.73 Å². The van der Waals surface area contributed by atoms with Gasteiger partial charge in [0.25, 0.3) is 0 Å². The third-order valence-corrected chi connectivity index (χ3v) is 3.68. The second-order valence-electron chi connectivity index (χ2n) is 4.09. The zero-order valence-corrected chi connectivity index (χ0v) is 10.7. The van der Waals surface area contributed by atoms with Crippen molar-refractivity contribution in [3.8, 4) is 0 Å². The number of anilines is 1. The highest BCUT2D eigenvalue weighted by Crippen LogP contribution is 2.29. The van der Waals surface area contributed by atoms with Gasteiger partial charge in [-0.15, -0.1) is 11.8 Å². The summed E-state index contributed by atoms with van der Waals surface area (Å²) in [5, 5.41) is 0. The van der Waals surface area contributed by atoms with Gasteiger partial charge in [0.05, 0.1) is 4.90 Å². The molecule has 2 rings (SSSR count). The third kappa shape index (κ3) is 3.01. The number of rotatable bonds is 3. The minimum Gasteiger partial charge on any atom is -0.399 e. The van der Waals surface area contributed by atoms with Crippen LogP contribution in [0.2, 0.25) is 0 Å². The molecule has 2 aromatic carbocycles. The van der Waals surface area contributed by atoms with Crippen LogP contribution in [0.5, 0.6) is 0 Å². The molecule has 0 aliphatic carbocycles. The van der Waals surface area contributed by atoms with Gasteiger partial charge in [0.1, 0.15) is 11.6 Å². The average molecular weight is 265 g/mol. The number of nitrogens with two attached hydrogens (primary N) is 1. The topological polar surface area (TPSA) is 26.0 Å². The Morgan fingerprint density at radius 2 is 1.61 bits per heavy atom. The molecular formula is C14H13F2NS. The first-order valence-electron chi connectivity index (χ1n) is 5.49. The van der Waals surface area contributed by atoms with Crippen LogP contribution in [0.25, 0.3) is 0 Å². The summed E-state index contributed by atoms with van der Waals surface area (Å²) in [5.41, 5.74) is 7.65. The number of halogens is 2. The maximum absolute atomic E-state index is 13.5. The van der Waals surface area contributed by atoms with Crippen molar-refractivity contribution in [1.82, 2.24) is 0 Å². The van der Waals surface area contributed by atoms with E-state index in [-0.39, 0.29) is 10.6 Å². The summed E-state index contributed by atoms with van der Waals surface area (Å²) in [6.45, 7) is 2.00. The highest BCUT2D eigenvalue weighted by Gasteiger charge is 2.10. The zero-order valence-electron chi connectivity index (χ0n) is 9.91. The first kappa shape index (κ1) is 12.9. The van der Waals surface area contributed by atoms with Crippen LogP contribution in [0.4, 0.5) is 14.5 Å². The minimum absolute atomic E-state index is 0.0183. The molecular weight excluding hydrogens is 252 g/mol. The molecule has 0 atom stereocenters. The monoisotopic (exact) mass is 265 g/mol. The fraction of sp³-hybridized carbons (Fsp3) is 0.143. The average Bonchev–Trinajstić information content (AvgIpc) is 2.30. The fourth-order valence-electron chi connectivity index (χ4n) is 1.56. The number of hydrogen-bond donors (Lipinski definition) is 1. The lowest BCUT2D eigenvalue weighted by Gasteiger charge is -2.06. The van der Waals surface area contributed by atoms with Crippen molar-refractivity contribution in [2.45, 2.75) is 17.6 Å². The molecule has 0 heterocycles. The summed E-state index contributed by atoms with van der Waals surface area (Å²) in [7, 11) is 0. The summed E-state index contributed by atoms with van der Waals surface area (Å²) in [5.74, 6) is -0.688. The summed E-state index contributed by atoms with van der Waals surface area (Å²) in [6, 6.07) is 10.1. The van der Waals surface area contributed by atoms with Gasteiger partial charge in [0.2, 0.25) is 0 Å². The standard InChI is InChI=1S/C14H13F2NS/c1-9-2-4-10(5-3-9)8-18-14-12(15)6-11(17)7-13(14)16/h2-7H,8,17H2,1H3. The van der Waals surface area contributed by atoms with Crippen molar-refractivity contribution in [1.29, 1.82) is 0 Å². The Morgan fingerprint density at radius 1 is 1.06 bits per heavy atom. The number of benzene rings is 2. The molecule has 0 bridgehead atoms. The molecule has 0 spiro atoms. The van der Waals surface area contributed by atoms with Crippen LogP contribution in [-0.2, 0) is 5.75 Å². The lowest BCUT2D eigenvalue weighted by molar-refractivity contribution is 0.542. The Balaban J connectivity index is 2.13. The van der Waals surface area contributed by atoms with Crippen LogP contribution in [0.15, 0.2) is 41.3 Å². The molecule has 0 aliphatic rings. The molecule has 2 aromatic rings. The molecule has 0 unspecified atom stereocenters. The first-order valence-corrected chi connectivity index (χ1v) is 6.47. The second-order valence-corrected chi connectivity index (χ2v) is 5.07. The Morgan fingerprint density at radius 3 is 2.17 bits per heavy atom. The lowest BCUT2D eigenvalue weighted by atomic mass is 10.2. The van der Waals surface area contributed by atoms with Crippen LogP contribution in [-0.4, -0.2) is 0 Å². The van der Waals surface area contributed by atoms with Gasteiger partial charge in [0, 0.05) is 11.4 Å². The van der Waals surface area contributed by atoms with Crippen LogP contribution in [0, 0.1) is 18.6 Å². The highest BCUT2D eigenvalue weighted by atomic mass is 32.2. The summed E-state index contributed by atoms with van der Waals surface area (Å²) in [6.07, 6.45) is 0. The summed E-state index contributed by atoms with van der Waals surface area (Å²) in [4.78, 5) is 0.0183. The molecule has 0 aromatic heterocycles. The van der Waals surface area contributed by atoms with Gasteiger partial charge < -0.3 is 5.73 Å². The number of hydrogen-bond acceptors (Lipinski definition) is 2. The number of thioether (sulfide) groups is 1. The van der Waals surface area contributed by atoms with Crippen molar-refractivity contribution >= 4 is 17.4 Å². The van der Waals surface area contributed by atoms with Gasteiger partial charge in [-0.05, 0) is 24.6 Å². The molecule has 94 valence electrons. The normalized spacial score (nSPS) is 10.6. The van der Waals surface area contributed by atoms with Gasteiger partial charge in [-0.2, -0.15) is 0 Å². The van der Waals surface area contributed by atoms with E-state index < -0.39 is 11.6 Å². The predicted molar refractivity (Wildman–Crippen MR) is 71.5 cm³/mol. The fourth-order valence-corrected chi connectivity index (χ4v) is 2.45. The SMILES string of the molecule is Cc1ccc(CSc2c(F)cc(N)cc2F)cc1. The maximum Gasteiger partial charge on any atom is 0.141 e. The van der Waals surface area contributed by atoms with E-state index in [1.54, 1.807) is 0 Å². The molecule has 4 heteroatoms. The van der Waals surface area contributed by atoms with E-state index in [0.717, 1.165) is 35.0 Å². The van der Waals surface area contributed by atoms with Crippen molar-refractivity contribution in [3.05, 3.63) is 59.2 Å². The Labute approximate surface area is 109 Å². The minimum atomic E-state index is -0.607. The van der Waals surface area contributed by atoms with Gasteiger partial charge in [0.15, 0.2) is 0 Å². The zero-order chi connectivity index (χ0) is 13.1. The van der Waals surface area contributed by atoms with Crippen molar-refractivity contribution in [2.75, 3.05) is 5.73 Å². The van der Waals surface area contributed by atoms with Crippen molar-refractivity contribution in [2.24, 2.45) is 0 Å². The van der Waals surface area contributed by atoms with E-state index >= 15 is 0 Å². The van der Waals surface area contributed by atoms with E-state index in [1.807, 2.05) is 31.2 Å². The van der Waals surface area contributed by atoms with Gasteiger partial charge in [-0.3, -0.25) is 0 Å². The molecule has 1 nitrogen and oxygen atoms in total. The molecule has 18 heavy (non-hydrogen) atoms. The van der Waals surface area contributed by atoms with Crippen LogP contribution in [0.1, 0.15) is 11.1 Å². The molecule has 0 aliphatic heterocycles. The maximum atomic E-state index is 13.5. The molecule has 0 saturated heterocycles. The van der Waals surface area contributed by atoms with Gasteiger partial charge in [-0.25, -0.2) is 8.78 Å². The van der Waals surface area contributed by atoms with Crippen LogP contribution >= 0.6 is 11.8 Å². The Kier molecular flexibility index (Phi) is 3.87. The molecule has 0 radical (unpaired) electrons. The van der Waals surface area contributed by atoms with E-state index in [9.17, 15) is 8.78 Å². The first-order chi connectivity index (χ1) is 8.56. The molecule has 0 amide bonds. The second kappa shape index (κ2) is 5.40. The van der Waals surface area contributed by atoms with Crippen LogP contribution in [0.3, 0.4) is 0 Å². The summed E-state index contributed by atoms with van der Waals surface area (Å²) < 4.78 is 27.1. The molecule has 0 fully saturated rings. The highest BCUT2D eigenvalue weighted by molar-refractivity contribution is 7.98. The van der Waals surface area contributed by atoms with E-state index in [4.69, 9.17) is 5.73 Å². The number of nitrogen functional groups attached to an aromatic ring is 1. The molecule has 0 saturated carbocycles. The lowest BCUT2D eigenvalue weighted by Crippen LogP contribution is -1.93. The number of aryl methyl sites for hydroxylation is 1. The van der Waals surface area contributed by atoms with E-state index in [1.165, 1.54) is 0 Å². The molecule has 2 N–H and O–H groups in total.